The highest BCUT2D eigenvalue weighted by atomic mass is 32.1. The minimum Gasteiger partial charge on any atom is -0.449 e. The van der Waals surface area contributed by atoms with E-state index in [-0.39, 0.29) is 31.9 Å². The number of ether oxygens (including phenoxy) is 1. The number of nitrogens with zero attached hydrogens (tertiary/aromatic N) is 4. The summed E-state index contributed by atoms with van der Waals surface area (Å²) in [7, 11) is -4.70. The molecule has 1 aliphatic heterocycles. The van der Waals surface area contributed by atoms with Crippen LogP contribution in [0.1, 0.15) is 30.3 Å². The molecular formula is C27H32N5O7PS. The number of hydrogen-bond acceptors (Lipinski definition) is 8. The summed E-state index contributed by atoms with van der Waals surface area (Å²) in [5.74, 6) is -1.14. The molecule has 12 nitrogen and oxygen atoms in total. The third-order valence-corrected chi connectivity index (χ3v) is 7.93. The quantitative estimate of drug-likeness (QED) is 0.234. The van der Waals surface area contributed by atoms with Gasteiger partial charge in [-0.2, -0.15) is 11.3 Å². The number of aromatic nitrogens is 2. The van der Waals surface area contributed by atoms with Gasteiger partial charge in [0, 0.05) is 42.7 Å². The highest BCUT2D eigenvalue weighted by molar-refractivity contribution is 7.51. The van der Waals surface area contributed by atoms with Crippen LogP contribution in [0.4, 0.5) is 4.79 Å². The maximum absolute atomic E-state index is 13.4. The Morgan fingerprint density at radius 1 is 1.05 bits per heavy atom. The van der Waals surface area contributed by atoms with Crippen LogP contribution < -0.4 is 5.32 Å². The molecule has 41 heavy (non-hydrogen) atoms. The van der Waals surface area contributed by atoms with Crippen molar-refractivity contribution in [1.82, 2.24) is 25.1 Å². The molecule has 3 N–H and O–H groups in total. The van der Waals surface area contributed by atoms with Crippen LogP contribution in [-0.4, -0.2) is 92.5 Å². The van der Waals surface area contributed by atoms with E-state index in [2.05, 4.69) is 15.3 Å². The molecule has 1 fully saturated rings. The van der Waals surface area contributed by atoms with Gasteiger partial charge >= 0.3 is 13.7 Å². The summed E-state index contributed by atoms with van der Waals surface area (Å²) >= 11 is 1.46. The summed E-state index contributed by atoms with van der Waals surface area (Å²) in [6.45, 7) is 2.95. The number of carbonyl (C=O) groups is 3. The van der Waals surface area contributed by atoms with Crippen LogP contribution in [0.3, 0.4) is 0 Å². The van der Waals surface area contributed by atoms with Gasteiger partial charge in [-0.3, -0.25) is 14.2 Å². The van der Waals surface area contributed by atoms with E-state index < -0.39 is 37.7 Å². The van der Waals surface area contributed by atoms with Crippen molar-refractivity contribution in [3.8, 4) is 22.6 Å². The van der Waals surface area contributed by atoms with Gasteiger partial charge in [-0.1, -0.05) is 43.7 Å². The molecule has 3 amide bonds. The molecule has 14 heteroatoms. The second-order valence-electron chi connectivity index (χ2n) is 9.49. The van der Waals surface area contributed by atoms with Crippen LogP contribution in [0.5, 0.6) is 0 Å². The summed E-state index contributed by atoms with van der Waals surface area (Å²) in [4.78, 5) is 70.3. The van der Waals surface area contributed by atoms with Crippen LogP contribution in [-0.2, 0) is 14.1 Å². The molecular weight excluding hydrogens is 569 g/mol. The predicted octanol–water partition coefficient (Wildman–Crippen LogP) is 3.23. The van der Waals surface area contributed by atoms with Gasteiger partial charge in [-0.25, -0.2) is 14.8 Å². The Morgan fingerprint density at radius 2 is 1.76 bits per heavy atom. The Morgan fingerprint density at radius 3 is 2.39 bits per heavy atom. The molecule has 0 bridgehead atoms. The first-order valence-corrected chi connectivity index (χ1v) is 15.9. The number of carbonyl (C=O) groups excluding carboxylic acids is 3. The summed E-state index contributed by atoms with van der Waals surface area (Å²) in [5.41, 5.74) is 1.89. The number of benzene rings is 1. The van der Waals surface area contributed by atoms with Crippen LogP contribution in [0.25, 0.3) is 22.6 Å². The first kappa shape index (κ1) is 30.3. The molecule has 0 unspecified atom stereocenters. The Hall–Kier alpha value is -3.64. The minimum absolute atomic E-state index is 0.0526. The van der Waals surface area contributed by atoms with Crippen molar-refractivity contribution in [2.45, 2.75) is 25.8 Å². The molecule has 3 heterocycles. The predicted molar refractivity (Wildman–Crippen MR) is 153 cm³/mol. The fraction of sp³-hybridized carbons (Fsp3) is 0.370. The van der Waals surface area contributed by atoms with Crippen LogP contribution in [0.2, 0.25) is 0 Å². The molecule has 1 saturated heterocycles. The van der Waals surface area contributed by atoms with Crippen LogP contribution in [0.15, 0.2) is 53.2 Å². The zero-order valence-electron chi connectivity index (χ0n) is 22.5. The maximum atomic E-state index is 13.4. The van der Waals surface area contributed by atoms with Crippen molar-refractivity contribution in [3.63, 3.8) is 0 Å². The van der Waals surface area contributed by atoms with E-state index in [1.165, 1.54) is 27.2 Å². The number of piperazine rings is 1. The average molecular weight is 602 g/mol. The number of nitrogens with one attached hydrogen (secondary N) is 1. The normalized spacial score (nSPS) is 14.4. The van der Waals surface area contributed by atoms with E-state index in [9.17, 15) is 28.7 Å². The first-order valence-electron chi connectivity index (χ1n) is 13.2. The summed E-state index contributed by atoms with van der Waals surface area (Å²) in [6, 6.07) is 10.9. The first-order chi connectivity index (χ1) is 19.6. The maximum Gasteiger partial charge on any atom is 0.409 e. The molecule has 218 valence electrons. The standard InChI is InChI=1S/C27H32N5O7PS/c1-2-3-14-39-27(35)32-12-10-31(11-13-32)26(34)23(17-40(36,37)38)30-25(33)22-16-21(20-9-15-41-18-20)28-24(29-22)19-7-5-4-6-8-19/h4-9,15-16,18,23H,2-3,10-14,17H2,1H3,(H,30,33)(H2,36,37,38)/t23-/m0/s1. The van der Waals surface area contributed by atoms with Crippen LogP contribution in [0, 0.1) is 0 Å². The van der Waals surface area contributed by atoms with E-state index in [1.54, 1.807) is 12.1 Å². The Kier molecular flexibility index (Phi) is 10.2. The zero-order chi connectivity index (χ0) is 29.4. The van der Waals surface area contributed by atoms with E-state index >= 15 is 0 Å². The lowest BCUT2D eigenvalue weighted by Crippen LogP contribution is -2.56. The van der Waals surface area contributed by atoms with Gasteiger partial charge in [0.05, 0.1) is 18.5 Å². The van der Waals surface area contributed by atoms with Crippen molar-refractivity contribution in [3.05, 3.63) is 58.9 Å². The lowest BCUT2D eigenvalue weighted by Gasteiger charge is -2.36. The molecule has 4 rings (SSSR count). The number of thiophene rings is 1. The van der Waals surface area contributed by atoms with E-state index in [4.69, 9.17) is 4.74 Å². The van der Waals surface area contributed by atoms with Gasteiger partial charge < -0.3 is 29.6 Å². The van der Waals surface area contributed by atoms with Gasteiger partial charge in [0.25, 0.3) is 5.91 Å². The largest absolute Gasteiger partial charge is 0.449 e. The Balaban J connectivity index is 1.52. The highest BCUT2D eigenvalue weighted by Crippen LogP contribution is 2.35. The van der Waals surface area contributed by atoms with Gasteiger partial charge in [0.2, 0.25) is 5.91 Å². The third kappa shape index (κ3) is 8.43. The van der Waals surface area contributed by atoms with Crippen molar-refractivity contribution in [2.24, 2.45) is 0 Å². The lowest BCUT2D eigenvalue weighted by molar-refractivity contribution is -0.134. The van der Waals surface area contributed by atoms with Gasteiger partial charge in [-0.15, -0.1) is 0 Å². The van der Waals surface area contributed by atoms with Crippen molar-refractivity contribution in [1.29, 1.82) is 0 Å². The smallest absolute Gasteiger partial charge is 0.409 e. The Labute approximate surface area is 241 Å². The number of hydrogen-bond donors (Lipinski definition) is 3. The molecule has 0 saturated carbocycles. The van der Waals surface area contributed by atoms with Gasteiger partial charge in [0.15, 0.2) is 5.82 Å². The molecule has 0 spiro atoms. The lowest BCUT2D eigenvalue weighted by atomic mass is 10.1. The molecule has 1 aromatic carbocycles. The van der Waals surface area contributed by atoms with Crippen molar-refractivity contribution in [2.75, 3.05) is 38.9 Å². The topological polar surface area (TPSA) is 162 Å². The number of unbranched alkanes of at least 4 members (excludes halogenated alkanes) is 1. The van der Waals surface area contributed by atoms with Gasteiger partial charge in [0.1, 0.15) is 11.7 Å². The third-order valence-electron chi connectivity index (χ3n) is 6.40. The number of rotatable bonds is 10. The van der Waals surface area contributed by atoms with E-state index in [1.807, 2.05) is 41.9 Å². The minimum atomic E-state index is -4.70. The molecule has 1 atom stereocenters. The summed E-state index contributed by atoms with van der Waals surface area (Å²) < 4.78 is 17.2. The highest BCUT2D eigenvalue weighted by Gasteiger charge is 2.35. The average Bonchev–Trinajstić information content (AvgIpc) is 3.51. The monoisotopic (exact) mass is 601 g/mol. The van der Waals surface area contributed by atoms with Crippen LogP contribution >= 0.6 is 18.9 Å². The Bertz CT molecular complexity index is 1390. The molecule has 3 aromatic rings. The number of amides is 3. The second-order valence-corrected chi connectivity index (χ2v) is 12.0. The van der Waals surface area contributed by atoms with Crippen molar-refractivity contribution < 1.29 is 33.5 Å². The van der Waals surface area contributed by atoms with Gasteiger partial charge in [-0.05, 0) is 23.9 Å². The zero-order valence-corrected chi connectivity index (χ0v) is 24.2. The fourth-order valence-corrected chi connectivity index (χ4v) is 5.59. The fourth-order valence-electron chi connectivity index (χ4n) is 4.22. The SMILES string of the molecule is CCCCOC(=O)N1CCN(C(=O)[C@H](CP(=O)(O)O)NC(=O)c2cc(-c3ccsc3)nc(-c3ccccc3)n2)CC1. The van der Waals surface area contributed by atoms with Crippen molar-refractivity contribution >= 4 is 36.8 Å². The molecule has 1 aliphatic rings. The molecule has 2 aromatic heterocycles. The van der Waals surface area contributed by atoms with E-state index in [0.717, 1.165) is 18.4 Å². The van der Waals surface area contributed by atoms with E-state index in [0.29, 0.717) is 23.7 Å². The molecule has 0 aliphatic carbocycles. The second kappa shape index (κ2) is 13.8. The summed E-state index contributed by atoms with van der Waals surface area (Å²) in [5, 5.41) is 6.24. The summed E-state index contributed by atoms with van der Waals surface area (Å²) in [6.07, 6.45) is 0.289. The molecule has 0 radical (unpaired) electrons.